The van der Waals surface area contributed by atoms with Gasteiger partial charge in [0.15, 0.2) is 0 Å². The molecular formula is C14H17ClF2N2O3. The molecule has 1 aliphatic rings. The minimum absolute atomic E-state index is 0.0214. The molecule has 2 atom stereocenters. The monoisotopic (exact) mass is 334 g/mol. The van der Waals surface area contributed by atoms with Crippen molar-refractivity contribution in [3.05, 3.63) is 28.8 Å². The lowest BCUT2D eigenvalue weighted by atomic mass is 10.1. The van der Waals surface area contributed by atoms with E-state index >= 15 is 0 Å². The highest BCUT2D eigenvalue weighted by Gasteiger charge is 2.29. The summed E-state index contributed by atoms with van der Waals surface area (Å²) in [6.45, 7) is -2.56. The van der Waals surface area contributed by atoms with Gasteiger partial charge in [0, 0.05) is 23.7 Å². The second-order valence-corrected chi connectivity index (χ2v) is 5.34. The molecule has 1 amide bonds. The number of alkyl halides is 2. The molecular weight excluding hydrogens is 318 g/mol. The van der Waals surface area contributed by atoms with Crippen LogP contribution >= 0.6 is 11.6 Å². The first-order chi connectivity index (χ1) is 10.5. The second kappa shape index (κ2) is 7.71. The molecule has 1 fully saturated rings. The summed E-state index contributed by atoms with van der Waals surface area (Å²) in [5, 5.41) is 3.00. The zero-order valence-electron chi connectivity index (χ0n) is 11.7. The Hall–Kier alpha value is -1.44. The number of hydrogen-bond acceptors (Lipinski definition) is 4. The van der Waals surface area contributed by atoms with Crippen molar-refractivity contribution in [3.8, 4) is 5.75 Å². The van der Waals surface area contributed by atoms with Crippen LogP contribution in [-0.4, -0.2) is 31.3 Å². The first-order valence-corrected chi connectivity index (χ1v) is 7.24. The van der Waals surface area contributed by atoms with Crippen molar-refractivity contribution >= 4 is 17.5 Å². The van der Waals surface area contributed by atoms with E-state index < -0.39 is 12.7 Å². The maximum Gasteiger partial charge on any atom is 0.387 e. The Kier molecular flexibility index (Phi) is 5.93. The number of carbonyl (C=O) groups is 1. The number of halogens is 3. The highest BCUT2D eigenvalue weighted by molar-refractivity contribution is 6.30. The van der Waals surface area contributed by atoms with Gasteiger partial charge in [0.2, 0.25) is 5.91 Å². The smallest absolute Gasteiger partial charge is 0.387 e. The van der Waals surface area contributed by atoms with Crippen LogP contribution in [0.4, 0.5) is 8.78 Å². The molecule has 3 N–H and O–H groups in total. The van der Waals surface area contributed by atoms with Crippen LogP contribution in [-0.2, 0) is 16.1 Å². The van der Waals surface area contributed by atoms with Crippen molar-refractivity contribution in [1.29, 1.82) is 0 Å². The van der Waals surface area contributed by atoms with E-state index in [9.17, 15) is 13.6 Å². The third kappa shape index (κ3) is 4.53. The van der Waals surface area contributed by atoms with Gasteiger partial charge in [-0.15, -0.1) is 0 Å². The van der Waals surface area contributed by atoms with E-state index in [-0.39, 0.29) is 24.3 Å². The molecule has 0 spiro atoms. The summed E-state index contributed by atoms with van der Waals surface area (Å²) in [4.78, 5) is 12.0. The number of ether oxygens (including phenoxy) is 2. The number of hydrogen-bond donors (Lipinski definition) is 2. The fourth-order valence-electron chi connectivity index (χ4n) is 2.27. The van der Waals surface area contributed by atoms with Gasteiger partial charge in [-0.2, -0.15) is 8.78 Å². The van der Waals surface area contributed by atoms with Crippen molar-refractivity contribution in [3.63, 3.8) is 0 Å². The van der Waals surface area contributed by atoms with Crippen LogP contribution in [0.15, 0.2) is 18.2 Å². The summed E-state index contributed by atoms with van der Waals surface area (Å²) in [5.41, 5.74) is 5.86. The van der Waals surface area contributed by atoms with E-state index in [1.165, 1.54) is 18.2 Å². The van der Waals surface area contributed by atoms with Gasteiger partial charge in [-0.05, 0) is 31.0 Å². The van der Waals surface area contributed by atoms with Gasteiger partial charge < -0.3 is 20.5 Å². The SMILES string of the molecule is NC[C@H]1CC[C@@H](C(=O)NCc2cc(Cl)ccc2OC(F)F)O1. The van der Waals surface area contributed by atoms with E-state index in [2.05, 4.69) is 10.1 Å². The lowest BCUT2D eigenvalue weighted by Gasteiger charge is -2.15. The Bertz CT molecular complexity index is 531. The zero-order chi connectivity index (χ0) is 16.1. The Labute approximate surface area is 131 Å². The Morgan fingerprint density at radius 1 is 1.50 bits per heavy atom. The van der Waals surface area contributed by atoms with Crippen molar-refractivity contribution in [2.24, 2.45) is 5.73 Å². The number of carbonyl (C=O) groups excluding carboxylic acids is 1. The molecule has 1 saturated heterocycles. The molecule has 122 valence electrons. The molecule has 22 heavy (non-hydrogen) atoms. The van der Waals surface area contributed by atoms with Gasteiger partial charge in [0.1, 0.15) is 11.9 Å². The number of rotatable bonds is 6. The highest BCUT2D eigenvalue weighted by Crippen LogP contribution is 2.25. The topological polar surface area (TPSA) is 73.6 Å². The fraction of sp³-hybridized carbons (Fsp3) is 0.500. The molecule has 1 heterocycles. The number of nitrogens with two attached hydrogens (primary N) is 1. The van der Waals surface area contributed by atoms with Crippen molar-refractivity contribution in [1.82, 2.24) is 5.32 Å². The van der Waals surface area contributed by atoms with Gasteiger partial charge in [0.25, 0.3) is 0 Å². The molecule has 1 aromatic carbocycles. The largest absolute Gasteiger partial charge is 0.434 e. The summed E-state index contributed by atoms with van der Waals surface area (Å²) in [6.07, 6.45) is 0.640. The van der Waals surface area contributed by atoms with Crippen LogP contribution < -0.4 is 15.8 Å². The predicted molar refractivity (Wildman–Crippen MR) is 76.9 cm³/mol. The van der Waals surface area contributed by atoms with Crippen LogP contribution in [0.25, 0.3) is 0 Å². The van der Waals surface area contributed by atoms with E-state index in [1.54, 1.807) is 0 Å². The summed E-state index contributed by atoms with van der Waals surface area (Å²) in [5.74, 6) is -0.328. The van der Waals surface area contributed by atoms with Gasteiger partial charge >= 0.3 is 6.61 Å². The predicted octanol–water partition coefficient (Wildman–Crippen LogP) is 2.06. The summed E-state index contributed by atoms with van der Waals surface area (Å²) >= 11 is 5.84. The van der Waals surface area contributed by atoms with Crippen molar-refractivity contribution in [2.45, 2.75) is 38.2 Å². The molecule has 1 aliphatic heterocycles. The van der Waals surface area contributed by atoms with E-state index in [4.69, 9.17) is 22.1 Å². The lowest BCUT2D eigenvalue weighted by molar-refractivity contribution is -0.132. The van der Waals surface area contributed by atoms with E-state index in [0.717, 1.165) is 6.42 Å². The number of benzene rings is 1. The second-order valence-electron chi connectivity index (χ2n) is 4.91. The highest BCUT2D eigenvalue weighted by atomic mass is 35.5. The van der Waals surface area contributed by atoms with Crippen molar-refractivity contribution in [2.75, 3.05) is 6.54 Å². The molecule has 0 radical (unpaired) electrons. The molecule has 0 unspecified atom stereocenters. The third-order valence-electron chi connectivity index (χ3n) is 3.35. The molecule has 0 aliphatic carbocycles. The van der Waals surface area contributed by atoms with Crippen LogP contribution in [0, 0.1) is 0 Å². The minimum atomic E-state index is -2.95. The zero-order valence-corrected chi connectivity index (χ0v) is 12.5. The average Bonchev–Trinajstić information content (AvgIpc) is 2.95. The van der Waals surface area contributed by atoms with E-state index in [1.807, 2.05) is 0 Å². The summed E-state index contributed by atoms with van der Waals surface area (Å²) in [7, 11) is 0. The van der Waals surface area contributed by atoms with Crippen LogP contribution in [0.2, 0.25) is 5.02 Å². The standard InChI is InChI=1S/C14H17ClF2N2O3/c15-9-1-3-11(22-14(16)17)8(5-9)7-19-13(20)12-4-2-10(6-18)21-12/h1,3,5,10,12,14H,2,4,6-7,18H2,(H,19,20)/t10-,12+/m1/s1. The van der Waals surface area contributed by atoms with Gasteiger partial charge in [-0.3, -0.25) is 4.79 Å². The third-order valence-corrected chi connectivity index (χ3v) is 3.59. The molecule has 8 heteroatoms. The molecule has 1 aromatic rings. The summed E-state index contributed by atoms with van der Waals surface area (Å²) < 4.78 is 34.6. The van der Waals surface area contributed by atoms with Crippen LogP contribution in [0.1, 0.15) is 18.4 Å². The quantitative estimate of drug-likeness (QED) is 0.835. The normalized spacial score (nSPS) is 21.1. The Morgan fingerprint density at radius 3 is 2.91 bits per heavy atom. The Morgan fingerprint density at radius 2 is 2.27 bits per heavy atom. The number of amides is 1. The van der Waals surface area contributed by atoms with Gasteiger partial charge in [0.05, 0.1) is 6.10 Å². The molecule has 2 rings (SSSR count). The Balaban J connectivity index is 1.96. The average molecular weight is 335 g/mol. The molecule has 0 aromatic heterocycles. The van der Waals surface area contributed by atoms with Gasteiger partial charge in [-0.1, -0.05) is 11.6 Å². The van der Waals surface area contributed by atoms with Crippen molar-refractivity contribution < 1.29 is 23.0 Å². The molecule has 0 saturated carbocycles. The minimum Gasteiger partial charge on any atom is -0.434 e. The lowest BCUT2D eigenvalue weighted by Crippen LogP contribution is -2.35. The molecule has 0 bridgehead atoms. The van der Waals surface area contributed by atoms with Crippen LogP contribution in [0.5, 0.6) is 5.75 Å². The van der Waals surface area contributed by atoms with Crippen LogP contribution in [0.3, 0.4) is 0 Å². The van der Waals surface area contributed by atoms with Gasteiger partial charge in [-0.25, -0.2) is 0 Å². The van der Waals surface area contributed by atoms with E-state index in [0.29, 0.717) is 23.6 Å². The maximum atomic E-state index is 12.4. The molecule has 5 nitrogen and oxygen atoms in total. The first kappa shape index (κ1) is 16.9. The summed E-state index contributed by atoms with van der Waals surface area (Å²) in [6, 6.07) is 4.25. The number of nitrogens with one attached hydrogen (secondary N) is 1. The maximum absolute atomic E-state index is 12.4. The fourth-order valence-corrected chi connectivity index (χ4v) is 2.46. The first-order valence-electron chi connectivity index (χ1n) is 6.86.